The molecule has 4 rings (SSSR count). The summed E-state index contributed by atoms with van der Waals surface area (Å²) in [6.45, 7) is 4.64. The van der Waals surface area contributed by atoms with Crippen LogP contribution in [-0.4, -0.2) is 35.9 Å². The smallest absolute Gasteiger partial charge is 0.162 e. The molecule has 0 fully saturated rings. The van der Waals surface area contributed by atoms with Gasteiger partial charge in [-0.2, -0.15) is 5.26 Å². The van der Waals surface area contributed by atoms with Crippen molar-refractivity contribution in [3.05, 3.63) is 59.2 Å². The highest BCUT2D eigenvalue weighted by atomic mass is 15.1. The van der Waals surface area contributed by atoms with Crippen molar-refractivity contribution in [2.24, 2.45) is 7.05 Å². The maximum Gasteiger partial charge on any atom is 0.162 e. The van der Waals surface area contributed by atoms with Crippen LogP contribution in [0.2, 0.25) is 0 Å². The monoisotopic (exact) mass is 345 g/mol. The lowest BCUT2D eigenvalue weighted by Crippen LogP contribution is -2.31. The summed E-state index contributed by atoms with van der Waals surface area (Å²) in [6, 6.07) is 4.23. The zero-order valence-electron chi connectivity index (χ0n) is 14.8. The molecule has 0 atom stereocenters. The second-order valence-corrected chi connectivity index (χ2v) is 6.56. The van der Waals surface area contributed by atoms with Crippen molar-refractivity contribution in [3.63, 3.8) is 0 Å². The highest BCUT2D eigenvalue weighted by molar-refractivity contribution is 5.52. The Kier molecular flexibility index (Phi) is 4.19. The maximum absolute atomic E-state index is 9.20. The number of rotatable bonds is 3. The zero-order chi connectivity index (χ0) is 18.1. The van der Waals surface area contributed by atoms with Crippen molar-refractivity contribution >= 4 is 0 Å². The Morgan fingerprint density at radius 1 is 1.23 bits per heavy atom. The van der Waals surface area contributed by atoms with Gasteiger partial charge in [0, 0.05) is 63.0 Å². The molecule has 26 heavy (non-hydrogen) atoms. The quantitative estimate of drug-likeness (QED) is 0.722. The lowest BCUT2D eigenvalue weighted by molar-refractivity contribution is 0.242. The number of fused-ring (bicyclic) bond motifs is 1. The van der Waals surface area contributed by atoms with E-state index >= 15 is 0 Å². The third-order valence-electron chi connectivity index (χ3n) is 4.98. The van der Waals surface area contributed by atoms with Gasteiger partial charge in [0.05, 0.1) is 11.3 Å². The number of hydrogen-bond donors (Lipinski definition) is 0. The van der Waals surface area contributed by atoms with Crippen LogP contribution in [0.25, 0.3) is 11.4 Å². The molecule has 0 unspecified atom stereocenters. The van der Waals surface area contributed by atoms with E-state index in [1.807, 2.05) is 23.9 Å². The molecule has 0 saturated heterocycles. The molecular weight excluding hydrogens is 326 g/mol. The van der Waals surface area contributed by atoms with Crippen molar-refractivity contribution < 1.29 is 0 Å². The van der Waals surface area contributed by atoms with E-state index in [4.69, 9.17) is 4.98 Å². The molecule has 0 bridgehead atoms. The normalized spacial score (nSPS) is 14.0. The first-order chi connectivity index (χ1) is 12.7. The van der Waals surface area contributed by atoms with Gasteiger partial charge in [0.2, 0.25) is 0 Å². The second kappa shape index (κ2) is 6.65. The van der Waals surface area contributed by atoms with Crippen molar-refractivity contribution in [2.75, 3.05) is 6.54 Å². The van der Waals surface area contributed by atoms with E-state index in [1.165, 1.54) is 11.9 Å². The van der Waals surface area contributed by atoms with Gasteiger partial charge in [0.15, 0.2) is 5.82 Å². The fourth-order valence-corrected chi connectivity index (χ4v) is 3.33. The number of nitrogens with zero attached hydrogens (tertiary/aromatic N) is 7. The molecule has 1 aliphatic rings. The average Bonchev–Trinajstić information content (AvgIpc) is 2.96. The SMILES string of the molecule is Cc1c(CN2CCc3nc(-c4cncnc4)ncc3C2)cc(C#N)n1C. The first-order valence-corrected chi connectivity index (χ1v) is 8.53. The molecule has 0 spiro atoms. The summed E-state index contributed by atoms with van der Waals surface area (Å²) in [4.78, 5) is 19.6. The summed E-state index contributed by atoms with van der Waals surface area (Å²) in [5, 5.41) is 9.20. The molecule has 7 heteroatoms. The topological polar surface area (TPSA) is 83.5 Å². The fourth-order valence-electron chi connectivity index (χ4n) is 3.33. The Hall–Kier alpha value is -3.11. The van der Waals surface area contributed by atoms with Crippen LogP contribution in [0, 0.1) is 18.3 Å². The van der Waals surface area contributed by atoms with Gasteiger partial charge in [0.25, 0.3) is 0 Å². The van der Waals surface area contributed by atoms with E-state index in [0.29, 0.717) is 11.5 Å². The molecule has 0 radical (unpaired) electrons. The minimum Gasteiger partial charge on any atom is -0.340 e. The Morgan fingerprint density at radius 3 is 2.77 bits per heavy atom. The Bertz CT molecular complexity index is 985. The van der Waals surface area contributed by atoms with Crippen LogP contribution in [0.4, 0.5) is 0 Å². The van der Waals surface area contributed by atoms with E-state index < -0.39 is 0 Å². The van der Waals surface area contributed by atoms with Gasteiger partial charge in [-0.25, -0.2) is 19.9 Å². The highest BCUT2D eigenvalue weighted by Crippen LogP contribution is 2.23. The molecule has 4 heterocycles. The van der Waals surface area contributed by atoms with Crippen molar-refractivity contribution in [2.45, 2.75) is 26.4 Å². The van der Waals surface area contributed by atoms with Gasteiger partial charge in [-0.3, -0.25) is 4.90 Å². The van der Waals surface area contributed by atoms with Crippen LogP contribution in [0.5, 0.6) is 0 Å². The van der Waals surface area contributed by atoms with Crippen LogP contribution in [0.15, 0.2) is 31.0 Å². The van der Waals surface area contributed by atoms with Crippen LogP contribution in [-0.2, 0) is 26.6 Å². The van der Waals surface area contributed by atoms with Crippen molar-refractivity contribution in [1.82, 2.24) is 29.4 Å². The van der Waals surface area contributed by atoms with Crippen LogP contribution >= 0.6 is 0 Å². The van der Waals surface area contributed by atoms with E-state index in [9.17, 15) is 5.26 Å². The molecular formula is C19H19N7. The van der Waals surface area contributed by atoms with Crippen LogP contribution < -0.4 is 0 Å². The lowest BCUT2D eigenvalue weighted by Gasteiger charge is -2.28. The van der Waals surface area contributed by atoms with Gasteiger partial charge in [0.1, 0.15) is 18.1 Å². The summed E-state index contributed by atoms with van der Waals surface area (Å²) in [6.07, 6.45) is 7.76. The second-order valence-electron chi connectivity index (χ2n) is 6.56. The predicted molar refractivity (Wildman–Crippen MR) is 95.7 cm³/mol. The summed E-state index contributed by atoms with van der Waals surface area (Å²) in [5.41, 5.74) is 6.13. The molecule has 0 amide bonds. The summed E-state index contributed by atoms with van der Waals surface area (Å²) < 4.78 is 1.95. The fraction of sp³-hybridized carbons (Fsp3) is 0.316. The molecule has 0 aliphatic carbocycles. The van der Waals surface area contributed by atoms with E-state index in [2.05, 4.69) is 32.8 Å². The number of aromatic nitrogens is 5. The Labute approximate surface area is 152 Å². The minimum absolute atomic E-state index is 0.676. The molecule has 1 aliphatic heterocycles. The Morgan fingerprint density at radius 2 is 2.04 bits per heavy atom. The first-order valence-electron chi connectivity index (χ1n) is 8.53. The van der Waals surface area contributed by atoms with Gasteiger partial charge in [-0.1, -0.05) is 0 Å². The van der Waals surface area contributed by atoms with E-state index in [1.54, 1.807) is 12.4 Å². The highest BCUT2D eigenvalue weighted by Gasteiger charge is 2.20. The molecule has 0 saturated carbocycles. The van der Waals surface area contributed by atoms with Gasteiger partial charge in [-0.15, -0.1) is 0 Å². The van der Waals surface area contributed by atoms with Crippen molar-refractivity contribution in [1.29, 1.82) is 5.26 Å². The van der Waals surface area contributed by atoms with Gasteiger partial charge >= 0.3 is 0 Å². The summed E-state index contributed by atoms with van der Waals surface area (Å²) >= 11 is 0. The first kappa shape index (κ1) is 16.4. The van der Waals surface area contributed by atoms with Gasteiger partial charge < -0.3 is 4.57 Å². The van der Waals surface area contributed by atoms with E-state index in [0.717, 1.165) is 48.6 Å². The standard InChI is InChI=1S/C19H19N7/c1-13-14(5-17(6-20)25(13)2)10-26-4-3-18-16(11-26)9-23-19(24-18)15-7-21-12-22-8-15/h5,7-9,12H,3-4,10-11H2,1-2H3. The molecule has 3 aromatic heterocycles. The third kappa shape index (κ3) is 2.95. The van der Waals surface area contributed by atoms with Gasteiger partial charge in [-0.05, 0) is 18.6 Å². The van der Waals surface area contributed by atoms with E-state index in [-0.39, 0.29) is 0 Å². The lowest BCUT2D eigenvalue weighted by atomic mass is 10.1. The molecule has 0 aromatic carbocycles. The molecule has 0 N–H and O–H groups in total. The molecule has 7 nitrogen and oxygen atoms in total. The maximum atomic E-state index is 9.20. The largest absolute Gasteiger partial charge is 0.340 e. The number of hydrogen-bond acceptors (Lipinski definition) is 6. The van der Waals surface area contributed by atoms with Crippen LogP contribution in [0.3, 0.4) is 0 Å². The third-order valence-corrected chi connectivity index (χ3v) is 4.98. The molecule has 130 valence electrons. The summed E-state index contributed by atoms with van der Waals surface area (Å²) in [7, 11) is 1.94. The molecule has 3 aromatic rings. The van der Waals surface area contributed by atoms with Crippen LogP contribution in [0.1, 0.15) is 28.2 Å². The average molecular weight is 345 g/mol. The predicted octanol–water partition coefficient (Wildman–Crippen LogP) is 2.01. The van der Waals surface area contributed by atoms with Crippen molar-refractivity contribution in [3.8, 4) is 17.5 Å². The summed E-state index contributed by atoms with van der Waals surface area (Å²) in [5.74, 6) is 0.676. The number of nitriles is 1. The zero-order valence-corrected chi connectivity index (χ0v) is 14.8. The Balaban J connectivity index is 1.53. The minimum atomic E-state index is 0.676.